The molecule has 0 aliphatic carbocycles. The summed E-state index contributed by atoms with van der Waals surface area (Å²) in [5.41, 5.74) is 2.84. The molecule has 0 radical (unpaired) electrons. The van der Waals surface area contributed by atoms with Crippen molar-refractivity contribution in [2.75, 3.05) is 12.9 Å². The Balaban J connectivity index is 1.92. The number of nitriles is 1. The normalized spacial score (nSPS) is 11.2. The fraction of sp³-hybridized carbons (Fsp3) is 0.167. The molecular weight excluding hydrogens is 314 g/mol. The molecule has 22 heavy (non-hydrogen) atoms. The van der Waals surface area contributed by atoms with E-state index in [1.165, 1.54) is 0 Å². The number of rotatable bonds is 6. The number of nitrogens with zero attached hydrogens (tertiary/aromatic N) is 1. The Hall–Kier alpha value is -1.73. The average molecular weight is 330 g/mol. The van der Waals surface area contributed by atoms with E-state index >= 15 is 0 Å². The highest BCUT2D eigenvalue weighted by atomic mass is 35.5. The van der Waals surface area contributed by atoms with Crippen LogP contribution in [0.15, 0.2) is 53.4 Å². The molecule has 2 aromatic carbocycles. The molecule has 0 bridgehead atoms. The van der Waals surface area contributed by atoms with Crippen LogP contribution in [0.5, 0.6) is 0 Å². The minimum absolute atomic E-state index is 0.558. The molecule has 4 heteroatoms. The first kappa shape index (κ1) is 16.6. The topological polar surface area (TPSA) is 33.0 Å². The molecule has 2 rings (SSSR count). The van der Waals surface area contributed by atoms with Crippen molar-refractivity contribution in [1.29, 1.82) is 5.26 Å². The van der Waals surface area contributed by atoms with Gasteiger partial charge in [-0.1, -0.05) is 35.9 Å². The first-order chi connectivity index (χ1) is 10.7. The summed E-state index contributed by atoms with van der Waals surface area (Å²) in [7, 11) is 0. The number of benzene rings is 2. The zero-order chi connectivity index (χ0) is 15.8. The van der Waals surface area contributed by atoms with Crippen LogP contribution in [0.2, 0.25) is 5.02 Å². The van der Waals surface area contributed by atoms with Crippen molar-refractivity contribution in [1.82, 2.24) is 0 Å². The smallest absolute Gasteiger partial charge is 0.0991 e. The largest absolute Gasteiger partial charge is 0.372 e. The van der Waals surface area contributed by atoms with Gasteiger partial charge in [-0.2, -0.15) is 5.26 Å². The minimum atomic E-state index is 0.558. The van der Waals surface area contributed by atoms with Gasteiger partial charge in [-0.15, -0.1) is 11.8 Å². The fourth-order valence-electron chi connectivity index (χ4n) is 1.85. The Morgan fingerprint density at radius 3 is 2.45 bits per heavy atom. The zero-order valence-electron chi connectivity index (χ0n) is 12.3. The summed E-state index contributed by atoms with van der Waals surface area (Å²) in [5.74, 6) is 0. The van der Waals surface area contributed by atoms with Gasteiger partial charge in [0, 0.05) is 9.93 Å². The summed E-state index contributed by atoms with van der Waals surface area (Å²) < 4.78 is 5.75. The SMILES string of the molecule is CS/C(=C\c1ccc(C#N)cc1)COCc1ccc(Cl)cc1. The highest BCUT2D eigenvalue weighted by Crippen LogP contribution is 2.18. The van der Waals surface area contributed by atoms with Gasteiger partial charge >= 0.3 is 0 Å². The van der Waals surface area contributed by atoms with Crippen LogP contribution in [-0.4, -0.2) is 12.9 Å². The highest BCUT2D eigenvalue weighted by molar-refractivity contribution is 8.02. The number of hydrogen-bond donors (Lipinski definition) is 0. The lowest BCUT2D eigenvalue weighted by Crippen LogP contribution is -1.96. The molecule has 112 valence electrons. The van der Waals surface area contributed by atoms with Gasteiger partial charge in [-0.05, 0) is 47.7 Å². The van der Waals surface area contributed by atoms with E-state index in [2.05, 4.69) is 12.1 Å². The number of halogens is 1. The van der Waals surface area contributed by atoms with Crippen LogP contribution in [0, 0.1) is 11.3 Å². The maximum atomic E-state index is 8.80. The number of ether oxygens (including phenoxy) is 1. The Bertz CT molecular complexity index is 672. The molecule has 0 N–H and O–H groups in total. The molecule has 2 aromatic rings. The lowest BCUT2D eigenvalue weighted by Gasteiger charge is -2.07. The van der Waals surface area contributed by atoms with Crippen molar-refractivity contribution in [3.8, 4) is 6.07 Å². The summed E-state index contributed by atoms with van der Waals surface area (Å²) in [4.78, 5) is 1.14. The lowest BCUT2D eigenvalue weighted by atomic mass is 10.1. The molecule has 0 unspecified atom stereocenters. The average Bonchev–Trinajstić information content (AvgIpc) is 2.56. The summed E-state index contributed by atoms with van der Waals surface area (Å²) in [6, 6.07) is 17.3. The first-order valence-corrected chi connectivity index (χ1v) is 8.38. The molecule has 0 atom stereocenters. The van der Waals surface area contributed by atoms with E-state index in [1.807, 2.05) is 54.8 Å². The van der Waals surface area contributed by atoms with Gasteiger partial charge in [-0.3, -0.25) is 0 Å². The van der Waals surface area contributed by atoms with Crippen LogP contribution >= 0.6 is 23.4 Å². The molecule has 0 spiro atoms. The molecule has 0 saturated heterocycles. The van der Waals surface area contributed by atoms with Crippen molar-refractivity contribution in [2.24, 2.45) is 0 Å². The predicted octanol–water partition coefficient (Wildman–Crippen LogP) is 5.13. The van der Waals surface area contributed by atoms with Crippen molar-refractivity contribution in [3.63, 3.8) is 0 Å². The monoisotopic (exact) mass is 329 g/mol. The Morgan fingerprint density at radius 2 is 1.86 bits per heavy atom. The third-order valence-electron chi connectivity index (χ3n) is 3.06. The Morgan fingerprint density at radius 1 is 1.18 bits per heavy atom. The van der Waals surface area contributed by atoms with Crippen LogP contribution in [0.25, 0.3) is 6.08 Å². The second-order valence-corrected chi connectivity index (χ2v) is 6.04. The molecule has 0 fully saturated rings. The van der Waals surface area contributed by atoms with Gasteiger partial charge < -0.3 is 4.74 Å². The third-order valence-corrected chi connectivity index (χ3v) is 4.07. The second kappa shape index (κ2) is 8.65. The minimum Gasteiger partial charge on any atom is -0.372 e. The van der Waals surface area contributed by atoms with Gasteiger partial charge in [0.25, 0.3) is 0 Å². The van der Waals surface area contributed by atoms with E-state index in [0.29, 0.717) is 18.8 Å². The Kier molecular flexibility index (Phi) is 6.54. The van der Waals surface area contributed by atoms with Crippen molar-refractivity contribution < 1.29 is 4.74 Å². The first-order valence-electron chi connectivity index (χ1n) is 6.78. The summed E-state index contributed by atoms with van der Waals surface area (Å²) in [6.45, 7) is 1.12. The van der Waals surface area contributed by atoms with Crippen molar-refractivity contribution in [3.05, 3.63) is 75.1 Å². The molecule has 0 aliphatic rings. The molecule has 0 heterocycles. The molecule has 0 amide bonds. The van der Waals surface area contributed by atoms with Crippen molar-refractivity contribution >= 4 is 29.4 Å². The molecule has 0 saturated carbocycles. The van der Waals surface area contributed by atoms with E-state index in [0.717, 1.165) is 21.1 Å². The quantitative estimate of drug-likeness (QED) is 0.736. The van der Waals surface area contributed by atoms with E-state index < -0.39 is 0 Å². The molecular formula is C18H16ClNOS. The number of hydrogen-bond acceptors (Lipinski definition) is 3. The van der Waals surface area contributed by atoms with Gasteiger partial charge in [-0.25, -0.2) is 0 Å². The van der Waals surface area contributed by atoms with E-state index in [-0.39, 0.29) is 0 Å². The summed E-state index contributed by atoms with van der Waals surface area (Å²) in [5, 5.41) is 9.53. The van der Waals surface area contributed by atoms with Crippen LogP contribution in [-0.2, 0) is 11.3 Å². The highest BCUT2D eigenvalue weighted by Gasteiger charge is 1.99. The predicted molar refractivity (Wildman–Crippen MR) is 93.8 cm³/mol. The van der Waals surface area contributed by atoms with Gasteiger partial charge in [0.05, 0.1) is 24.8 Å². The van der Waals surface area contributed by atoms with E-state index in [1.54, 1.807) is 11.8 Å². The van der Waals surface area contributed by atoms with E-state index in [9.17, 15) is 0 Å². The van der Waals surface area contributed by atoms with Gasteiger partial charge in [0.15, 0.2) is 0 Å². The van der Waals surface area contributed by atoms with Gasteiger partial charge in [0.1, 0.15) is 0 Å². The van der Waals surface area contributed by atoms with Crippen molar-refractivity contribution in [2.45, 2.75) is 6.61 Å². The number of thioether (sulfide) groups is 1. The zero-order valence-corrected chi connectivity index (χ0v) is 13.8. The molecule has 0 aliphatic heterocycles. The molecule has 0 aromatic heterocycles. The third kappa shape index (κ3) is 5.23. The standard InChI is InChI=1S/C18H16ClNOS/c1-22-18(10-14-2-4-15(11-20)5-3-14)13-21-12-16-6-8-17(19)9-7-16/h2-10H,12-13H2,1H3/b18-10-. The van der Waals surface area contributed by atoms with E-state index in [4.69, 9.17) is 21.6 Å². The van der Waals surface area contributed by atoms with Crippen LogP contribution in [0.1, 0.15) is 16.7 Å². The fourth-order valence-corrected chi connectivity index (χ4v) is 2.43. The summed E-state index contributed by atoms with van der Waals surface area (Å²) >= 11 is 7.52. The summed E-state index contributed by atoms with van der Waals surface area (Å²) in [6.07, 6.45) is 4.11. The lowest BCUT2D eigenvalue weighted by molar-refractivity contribution is 0.147. The maximum Gasteiger partial charge on any atom is 0.0991 e. The maximum absolute atomic E-state index is 8.80. The van der Waals surface area contributed by atoms with Crippen LogP contribution in [0.3, 0.4) is 0 Å². The van der Waals surface area contributed by atoms with Crippen LogP contribution in [0.4, 0.5) is 0 Å². The second-order valence-electron chi connectivity index (χ2n) is 4.67. The molecule has 2 nitrogen and oxygen atoms in total. The Labute approximate surface area is 140 Å². The van der Waals surface area contributed by atoms with Gasteiger partial charge in [0.2, 0.25) is 0 Å². The van der Waals surface area contributed by atoms with Crippen LogP contribution < -0.4 is 0 Å².